The van der Waals surface area contributed by atoms with Crippen molar-refractivity contribution in [2.45, 2.75) is 82.6 Å². The Kier molecular flexibility index (Phi) is 19.8. The van der Waals surface area contributed by atoms with Gasteiger partial charge in [-0.15, -0.1) is 11.8 Å². The normalized spacial score (nSPS) is 15.1. The van der Waals surface area contributed by atoms with E-state index in [9.17, 15) is 14.7 Å². The number of allylic oxidation sites excluding steroid dienone is 7. The van der Waals surface area contributed by atoms with Gasteiger partial charge >= 0.3 is 5.97 Å². The SMILES string of the molecule is CCCCCC=CCC=CC=CC=C[C@@H](SCC(N)C(=O)NCC(=O)O)[C@@H](O)CCCC. The molecule has 0 saturated heterocycles. The van der Waals surface area contributed by atoms with Crippen molar-refractivity contribution in [3.05, 3.63) is 48.6 Å². The molecular formula is C25H42N2O4S. The van der Waals surface area contributed by atoms with Crippen LogP contribution in [0.2, 0.25) is 0 Å². The Hall–Kier alpha value is -1.83. The van der Waals surface area contributed by atoms with Crippen LogP contribution < -0.4 is 11.1 Å². The molecule has 0 rings (SSSR count). The quantitative estimate of drug-likeness (QED) is 0.128. The summed E-state index contributed by atoms with van der Waals surface area (Å²) >= 11 is 1.40. The number of carbonyl (C=O) groups excluding carboxylic acids is 1. The maximum atomic E-state index is 11.9. The van der Waals surface area contributed by atoms with Crippen LogP contribution in [-0.2, 0) is 9.59 Å². The monoisotopic (exact) mass is 466 g/mol. The van der Waals surface area contributed by atoms with Crippen LogP contribution in [0.5, 0.6) is 0 Å². The van der Waals surface area contributed by atoms with Gasteiger partial charge in [-0.2, -0.15) is 0 Å². The number of amides is 1. The highest BCUT2D eigenvalue weighted by atomic mass is 32.2. The Morgan fingerprint density at radius 1 is 1.00 bits per heavy atom. The number of aliphatic carboxylic acids is 1. The third-order valence-electron chi connectivity index (χ3n) is 4.63. The Balaban J connectivity index is 4.56. The molecule has 0 aromatic rings. The van der Waals surface area contributed by atoms with Gasteiger partial charge < -0.3 is 21.3 Å². The second-order valence-corrected chi connectivity index (χ2v) is 8.84. The molecule has 7 heteroatoms. The van der Waals surface area contributed by atoms with Gasteiger partial charge in [-0.05, 0) is 25.7 Å². The van der Waals surface area contributed by atoms with E-state index in [4.69, 9.17) is 10.8 Å². The number of rotatable bonds is 19. The van der Waals surface area contributed by atoms with E-state index >= 15 is 0 Å². The molecule has 6 nitrogen and oxygen atoms in total. The first-order chi connectivity index (χ1) is 15.4. The van der Waals surface area contributed by atoms with Crippen molar-refractivity contribution in [2.75, 3.05) is 12.3 Å². The third-order valence-corrected chi connectivity index (χ3v) is 6.04. The van der Waals surface area contributed by atoms with E-state index in [1.54, 1.807) is 0 Å². The smallest absolute Gasteiger partial charge is 0.322 e. The van der Waals surface area contributed by atoms with Crippen LogP contribution in [0.15, 0.2) is 48.6 Å². The van der Waals surface area contributed by atoms with E-state index in [-0.39, 0.29) is 11.0 Å². The number of hydrogen-bond donors (Lipinski definition) is 4. The van der Waals surface area contributed by atoms with Crippen LogP contribution in [0.1, 0.15) is 65.2 Å². The second-order valence-electron chi connectivity index (χ2n) is 7.63. The maximum absolute atomic E-state index is 11.9. The van der Waals surface area contributed by atoms with Crippen molar-refractivity contribution >= 4 is 23.6 Å². The Labute approximate surface area is 198 Å². The number of aliphatic hydroxyl groups is 1. The number of hydrogen-bond acceptors (Lipinski definition) is 5. The number of thioether (sulfide) groups is 1. The number of aliphatic hydroxyl groups excluding tert-OH is 1. The largest absolute Gasteiger partial charge is 0.480 e. The van der Waals surface area contributed by atoms with Crippen molar-refractivity contribution in [3.63, 3.8) is 0 Å². The number of nitrogens with two attached hydrogens (primary N) is 1. The topological polar surface area (TPSA) is 113 Å². The van der Waals surface area contributed by atoms with Crippen LogP contribution in [0, 0.1) is 0 Å². The van der Waals surface area contributed by atoms with Gasteiger partial charge in [0.25, 0.3) is 0 Å². The van der Waals surface area contributed by atoms with Gasteiger partial charge in [0.1, 0.15) is 6.54 Å². The maximum Gasteiger partial charge on any atom is 0.322 e. The lowest BCUT2D eigenvalue weighted by atomic mass is 10.1. The van der Waals surface area contributed by atoms with Crippen molar-refractivity contribution in [1.29, 1.82) is 0 Å². The number of carboxylic acids is 1. The van der Waals surface area contributed by atoms with Crippen molar-refractivity contribution in [1.82, 2.24) is 5.32 Å². The van der Waals surface area contributed by atoms with Crippen LogP contribution >= 0.6 is 11.8 Å². The molecule has 0 radical (unpaired) electrons. The molecule has 1 unspecified atom stereocenters. The number of unbranched alkanes of at least 4 members (excludes halogenated alkanes) is 4. The van der Waals surface area contributed by atoms with Gasteiger partial charge in [0.05, 0.1) is 12.1 Å². The van der Waals surface area contributed by atoms with E-state index in [1.165, 1.54) is 31.0 Å². The summed E-state index contributed by atoms with van der Waals surface area (Å²) in [5.74, 6) is -1.33. The molecule has 0 bridgehead atoms. The van der Waals surface area contributed by atoms with Gasteiger partial charge in [0, 0.05) is 11.0 Å². The molecule has 1 amide bonds. The number of carboxylic acid groups (broad SMARTS) is 1. The molecule has 0 aliphatic rings. The summed E-state index contributed by atoms with van der Waals surface area (Å²) in [6.07, 6.45) is 24.1. The third kappa shape index (κ3) is 17.8. The van der Waals surface area contributed by atoms with E-state index in [0.29, 0.717) is 6.42 Å². The number of nitrogens with one attached hydrogen (secondary N) is 1. The summed E-state index contributed by atoms with van der Waals surface area (Å²) in [4.78, 5) is 22.4. The van der Waals surface area contributed by atoms with Crippen LogP contribution in [0.4, 0.5) is 0 Å². The molecule has 0 fully saturated rings. The van der Waals surface area contributed by atoms with Gasteiger partial charge in [-0.1, -0.05) is 88.1 Å². The molecule has 5 N–H and O–H groups in total. The second kappa shape index (κ2) is 21.0. The lowest BCUT2D eigenvalue weighted by Crippen LogP contribution is -2.44. The summed E-state index contributed by atoms with van der Waals surface area (Å²) < 4.78 is 0. The summed E-state index contributed by atoms with van der Waals surface area (Å²) in [5.41, 5.74) is 5.86. The van der Waals surface area contributed by atoms with Gasteiger partial charge in [0.2, 0.25) is 5.91 Å². The molecule has 182 valence electrons. The first kappa shape index (κ1) is 30.2. The van der Waals surface area contributed by atoms with E-state index in [0.717, 1.165) is 25.7 Å². The molecule has 32 heavy (non-hydrogen) atoms. The summed E-state index contributed by atoms with van der Waals surface area (Å²) in [7, 11) is 0. The molecule has 0 aromatic carbocycles. The highest BCUT2D eigenvalue weighted by Gasteiger charge is 2.20. The van der Waals surface area contributed by atoms with E-state index in [2.05, 4.69) is 37.4 Å². The standard InChI is InChI=1S/C25H42N2O4S/c1-3-5-7-8-9-10-11-12-13-14-15-16-18-23(22(28)17-6-4-2)32-20-21(26)25(31)27-19-24(29)30/h9-10,12-16,18,21-23,28H,3-8,11,17,19-20,26H2,1-2H3,(H,27,31)(H,29,30)/t21?,22-,23+/m0/s1. The molecule has 0 spiro atoms. The Bertz CT molecular complexity index is 617. The molecule has 0 aliphatic carbocycles. The molecule has 0 aromatic heterocycles. The average molecular weight is 467 g/mol. The van der Waals surface area contributed by atoms with Crippen LogP contribution in [-0.4, -0.2) is 51.8 Å². The molecule has 3 atom stereocenters. The predicted octanol–water partition coefficient (Wildman–Crippen LogP) is 4.36. The number of carbonyl (C=O) groups is 2. The Morgan fingerprint density at radius 3 is 2.41 bits per heavy atom. The average Bonchev–Trinajstić information content (AvgIpc) is 2.78. The lowest BCUT2D eigenvalue weighted by molar-refractivity contribution is -0.138. The highest BCUT2D eigenvalue weighted by Crippen LogP contribution is 2.21. The first-order valence-corrected chi connectivity index (χ1v) is 12.7. The summed E-state index contributed by atoms with van der Waals surface area (Å²) in [6, 6.07) is -0.831. The Morgan fingerprint density at radius 2 is 1.72 bits per heavy atom. The fourth-order valence-corrected chi connectivity index (χ4v) is 3.86. The predicted molar refractivity (Wildman–Crippen MR) is 136 cm³/mol. The molecule has 0 aliphatic heterocycles. The van der Waals surface area contributed by atoms with Crippen molar-refractivity contribution < 1.29 is 19.8 Å². The van der Waals surface area contributed by atoms with Crippen molar-refractivity contribution in [3.8, 4) is 0 Å². The van der Waals surface area contributed by atoms with E-state index < -0.39 is 30.6 Å². The minimum Gasteiger partial charge on any atom is -0.480 e. The molecular weight excluding hydrogens is 424 g/mol. The van der Waals surface area contributed by atoms with Gasteiger partial charge in [-0.3, -0.25) is 9.59 Å². The summed E-state index contributed by atoms with van der Waals surface area (Å²) in [6.45, 7) is 3.83. The fraction of sp³-hybridized carbons (Fsp3) is 0.600. The minimum absolute atomic E-state index is 0.195. The lowest BCUT2D eigenvalue weighted by Gasteiger charge is -2.21. The minimum atomic E-state index is -1.11. The highest BCUT2D eigenvalue weighted by molar-refractivity contribution is 8.00. The molecule has 0 heterocycles. The van der Waals surface area contributed by atoms with Gasteiger partial charge in [0.15, 0.2) is 0 Å². The summed E-state index contributed by atoms with van der Waals surface area (Å²) in [5, 5.41) is 21.2. The van der Waals surface area contributed by atoms with Crippen LogP contribution in [0.3, 0.4) is 0 Å². The fourth-order valence-electron chi connectivity index (χ4n) is 2.72. The first-order valence-electron chi connectivity index (χ1n) is 11.6. The van der Waals surface area contributed by atoms with E-state index in [1.807, 2.05) is 30.4 Å². The van der Waals surface area contributed by atoms with Crippen LogP contribution in [0.25, 0.3) is 0 Å². The zero-order valence-corrected chi connectivity index (χ0v) is 20.4. The van der Waals surface area contributed by atoms with Gasteiger partial charge in [-0.25, -0.2) is 0 Å². The molecule has 0 saturated carbocycles. The zero-order chi connectivity index (χ0) is 24.0. The van der Waals surface area contributed by atoms with Crippen molar-refractivity contribution in [2.24, 2.45) is 5.73 Å². The zero-order valence-electron chi connectivity index (χ0n) is 19.6.